The second-order valence-electron chi connectivity index (χ2n) is 9.31. The largest absolute Gasteiger partial charge is 0.494 e. The van der Waals surface area contributed by atoms with Crippen molar-refractivity contribution in [1.82, 2.24) is 20.5 Å². The molecule has 12 nitrogen and oxygen atoms in total. The first-order valence-corrected chi connectivity index (χ1v) is 12.8. The summed E-state index contributed by atoms with van der Waals surface area (Å²) in [7, 11) is 2.90. The zero-order valence-electron chi connectivity index (χ0n) is 22.3. The highest BCUT2D eigenvalue weighted by Crippen LogP contribution is 2.34. The maximum absolute atomic E-state index is 13.3. The number of carbonyl (C=O) groups excluding carboxylic acids is 3. The number of benzene rings is 2. The van der Waals surface area contributed by atoms with Gasteiger partial charge < -0.3 is 31.0 Å². The van der Waals surface area contributed by atoms with E-state index in [2.05, 4.69) is 36.4 Å². The van der Waals surface area contributed by atoms with Crippen molar-refractivity contribution in [2.24, 2.45) is 5.92 Å². The van der Waals surface area contributed by atoms with Gasteiger partial charge >= 0.3 is 0 Å². The number of anilines is 4. The maximum atomic E-state index is 13.3. The molecule has 2 heterocycles. The van der Waals surface area contributed by atoms with Crippen LogP contribution in [0.15, 0.2) is 71.5 Å². The summed E-state index contributed by atoms with van der Waals surface area (Å²) >= 11 is 0. The Morgan fingerprint density at radius 2 is 1.66 bits per heavy atom. The molecule has 2 aromatic heterocycles. The maximum Gasteiger partial charge on any atom is 0.273 e. The minimum Gasteiger partial charge on any atom is -0.494 e. The van der Waals surface area contributed by atoms with Crippen LogP contribution in [0.2, 0.25) is 0 Å². The first-order valence-electron chi connectivity index (χ1n) is 12.8. The van der Waals surface area contributed by atoms with Gasteiger partial charge in [0.15, 0.2) is 17.3 Å². The summed E-state index contributed by atoms with van der Waals surface area (Å²) in [6.07, 6.45) is 1.65. The highest BCUT2D eigenvalue weighted by atomic mass is 16.5. The quantitative estimate of drug-likeness (QED) is 0.210. The fourth-order valence-corrected chi connectivity index (χ4v) is 4.13. The third-order valence-corrected chi connectivity index (χ3v) is 6.39. The van der Waals surface area contributed by atoms with Gasteiger partial charge in [0.2, 0.25) is 11.5 Å². The standard InChI is InChI=1S/C29H27N7O5/c1-30-29(40)25-22(15-23(35-36-25)34-27(38)17-9-10-17)32-21-7-3-5-19(26(21)41-2)28(39)31-18-13-11-16(12-14-18)20-6-4-8-24(37)33-20/h3-8,11-15,17H,9-10H2,1-2H3,(H,30,40)(H,31,39)(H,33,37)(H2,32,34,35,38). The van der Waals surface area contributed by atoms with Crippen molar-refractivity contribution in [1.29, 1.82) is 0 Å². The van der Waals surface area contributed by atoms with Gasteiger partial charge in [0.1, 0.15) is 0 Å². The molecule has 0 saturated heterocycles. The van der Waals surface area contributed by atoms with E-state index in [9.17, 15) is 19.2 Å². The van der Waals surface area contributed by atoms with Crippen LogP contribution in [-0.2, 0) is 4.79 Å². The van der Waals surface area contributed by atoms with E-state index in [-0.39, 0.29) is 45.9 Å². The zero-order valence-corrected chi connectivity index (χ0v) is 22.3. The molecule has 12 heteroatoms. The Labute approximate surface area is 234 Å². The number of hydrogen-bond donors (Lipinski definition) is 5. The molecule has 3 amide bonds. The molecule has 1 fully saturated rings. The number of nitrogens with one attached hydrogen (secondary N) is 5. The van der Waals surface area contributed by atoms with Gasteiger partial charge in [0.05, 0.1) is 24.0 Å². The van der Waals surface area contributed by atoms with Crippen LogP contribution in [0.25, 0.3) is 11.3 Å². The van der Waals surface area contributed by atoms with E-state index in [0.717, 1.165) is 18.4 Å². The molecule has 41 heavy (non-hydrogen) atoms. The number of para-hydroxylation sites is 1. The number of amides is 3. The zero-order chi connectivity index (χ0) is 28.9. The Bertz CT molecular complexity index is 1680. The molecule has 0 spiro atoms. The topological polar surface area (TPSA) is 167 Å². The van der Waals surface area contributed by atoms with E-state index in [0.29, 0.717) is 17.1 Å². The van der Waals surface area contributed by atoms with Gasteiger partial charge in [-0.1, -0.05) is 24.3 Å². The van der Waals surface area contributed by atoms with Gasteiger partial charge in [-0.05, 0) is 48.7 Å². The van der Waals surface area contributed by atoms with Crippen LogP contribution < -0.4 is 31.6 Å². The summed E-state index contributed by atoms with van der Waals surface area (Å²) in [5.41, 5.74) is 2.66. The van der Waals surface area contributed by atoms with Gasteiger partial charge in [0, 0.05) is 36.5 Å². The highest BCUT2D eigenvalue weighted by Gasteiger charge is 2.30. The molecular weight excluding hydrogens is 526 g/mol. The summed E-state index contributed by atoms with van der Waals surface area (Å²) in [5.74, 6) is -0.696. The molecule has 0 aliphatic heterocycles. The third-order valence-electron chi connectivity index (χ3n) is 6.39. The summed E-state index contributed by atoms with van der Waals surface area (Å²) in [5, 5.41) is 19.2. The first-order chi connectivity index (χ1) is 19.9. The molecule has 0 bridgehead atoms. The average Bonchev–Trinajstić information content (AvgIpc) is 3.83. The average molecular weight is 554 g/mol. The van der Waals surface area contributed by atoms with Crippen LogP contribution >= 0.6 is 0 Å². The molecule has 5 rings (SSSR count). The van der Waals surface area contributed by atoms with Gasteiger partial charge in [0.25, 0.3) is 11.8 Å². The van der Waals surface area contributed by atoms with E-state index in [1.54, 1.807) is 54.6 Å². The summed E-state index contributed by atoms with van der Waals surface area (Å²) < 4.78 is 5.59. The van der Waals surface area contributed by atoms with Gasteiger partial charge in [-0.15, -0.1) is 10.2 Å². The Hall–Kier alpha value is -5.52. The molecule has 5 N–H and O–H groups in total. The molecule has 0 radical (unpaired) electrons. The van der Waals surface area contributed by atoms with Crippen molar-refractivity contribution in [3.05, 3.63) is 88.3 Å². The van der Waals surface area contributed by atoms with Crippen molar-refractivity contribution in [2.45, 2.75) is 12.8 Å². The molecule has 1 aliphatic carbocycles. The predicted molar refractivity (Wildman–Crippen MR) is 154 cm³/mol. The van der Waals surface area contributed by atoms with Crippen molar-refractivity contribution in [3.63, 3.8) is 0 Å². The molecule has 208 valence electrons. The van der Waals surface area contributed by atoms with Crippen LogP contribution in [0.5, 0.6) is 5.75 Å². The van der Waals surface area contributed by atoms with Crippen molar-refractivity contribution < 1.29 is 19.1 Å². The Morgan fingerprint density at radius 3 is 2.34 bits per heavy atom. The van der Waals surface area contributed by atoms with Crippen molar-refractivity contribution in [2.75, 3.05) is 30.1 Å². The van der Waals surface area contributed by atoms with E-state index in [4.69, 9.17) is 4.74 Å². The summed E-state index contributed by atoms with van der Waals surface area (Å²) in [4.78, 5) is 52.4. The molecule has 0 unspecified atom stereocenters. The lowest BCUT2D eigenvalue weighted by Gasteiger charge is -2.17. The van der Waals surface area contributed by atoms with Crippen LogP contribution in [0.3, 0.4) is 0 Å². The van der Waals surface area contributed by atoms with E-state index in [1.807, 2.05) is 0 Å². The van der Waals surface area contributed by atoms with Gasteiger partial charge in [-0.2, -0.15) is 0 Å². The van der Waals surface area contributed by atoms with Crippen molar-refractivity contribution >= 4 is 40.6 Å². The molecular formula is C29H27N7O5. The molecule has 1 saturated carbocycles. The van der Waals surface area contributed by atoms with E-state index in [1.165, 1.54) is 26.3 Å². The Balaban J connectivity index is 1.39. The second kappa shape index (κ2) is 11.7. The fourth-order valence-electron chi connectivity index (χ4n) is 4.13. The van der Waals surface area contributed by atoms with E-state index < -0.39 is 11.8 Å². The lowest BCUT2D eigenvalue weighted by Crippen LogP contribution is -2.22. The molecule has 0 atom stereocenters. The first kappa shape index (κ1) is 27.1. The van der Waals surface area contributed by atoms with Crippen LogP contribution in [0.1, 0.15) is 33.7 Å². The van der Waals surface area contributed by atoms with Crippen molar-refractivity contribution in [3.8, 4) is 17.0 Å². The lowest BCUT2D eigenvalue weighted by molar-refractivity contribution is -0.117. The summed E-state index contributed by atoms with van der Waals surface area (Å²) in [6.45, 7) is 0. The monoisotopic (exact) mass is 553 g/mol. The number of methoxy groups -OCH3 is 1. The van der Waals surface area contributed by atoms with Crippen LogP contribution in [-0.4, -0.2) is 47.1 Å². The number of H-pyrrole nitrogens is 1. The number of ether oxygens (including phenoxy) is 1. The Morgan fingerprint density at radius 1 is 0.902 bits per heavy atom. The lowest BCUT2D eigenvalue weighted by atomic mass is 10.1. The third kappa shape index (κ3) is 6.22. The minimum atomic E-state index is -0.490. The smallest absolute Gasteiger partial charge is 0.273 e. The number of nitrogens with zero attached hydrogens (tertiary/aromatic N) is 2. The fraction of sp³-hybridized carbons (Fsp3) is 0.172. The Kier molecular flexibility index (Phi) is 7.72. The normalized spacial score (nSPS) is 12.2. The number of aromatic nitrogens is 3. The van der Waals surface area contributed by atoms with E-state index >= 15 is 0 Å². The highest BCUT2D eigenvalue weighted by molar-refractivity contribution is 6.08. The number of pyridine rings is 1. The van der Waals surface area contributed by atoms with Gasteiger partial charge in [-0.25, -0.2) is 0 Å². The molecule has 4 aromatic rings. The van der Waals surface area contributed by atoms with Crippen LogP contribution in [0.4, 0.5) is 22.9 Å². The second-order valence-corrected chi connectivity index (χ2v) is 9.31. The predicted octanol–water partition coefficient (Wildman–Crippen LogP) is 3.54. The minimum absolute atomic E-state index is 0.00585. The number of hydrogen-bond acceptors (Lipinski definition) is 8. The number of rotatable bonds is 9. The number of carbonyl (C=O) groups is 3. The molecule has 1 aliphatic rings. The SMILES string of the molecule is CNC(=O)c1nnc(NC(=O)C2CC2)cc1Nc1cccc(C(=O)Nc2ccc(-c3cccc(=O)[nH]3)cc2)c1OC. The number of aromatic amines is 1. The molecule has 2 aromatic carbocycles. The summed E-state index contributed by atoms with van der Waals surface area (Å²) in [6, 6.07) is 18.4. The van der Waals surface area contributed by atoms with Crippen LogP contribution in [0, 0.1) is 5.92 Å². The van der Waals surface area contributed by atoms with Gasteiger partial charge in [-0.3, -0.25) is 19.2 Å².